The molecule has 3 aromatic rings. The topological polar surface area (TPSA) is 152 Å². The first-order valence-corrected chi connectivity index (χ1v) is 5.46. The van der Waals surface area contributed by atoms with Gasteiger partial charge in [0.1, 0.15) is 0 Å². The molecule has 0 spiro atoms. The fraction of sp³-hybridized carbons (Fsp3) is 0.545. The van der Waals surface area contributed by atoms with Crippen molar-refractivity contribution in [2.24, 2.45) is 0 Å². The maximum Gasteiger partial charge on any atom is 0.434 e. The van der Waals surface area contributed by atoms with E-state index in [1.807, 2.05) is 0 Å². The summed E-state index contributed by atoms with van der Waals surface area (Å²) in [6.07, 6.45) is 0. The van der Waals surface area contributed by atoms with E-state index in [9.17, 15) is 4.79 Å². The minimum atomic E-state index is -0.502. The lowest BCUT2D eigenvalue weighted by molar-refractivity contribution is 0.389. The second-order valence-electron chi connectivity index (χ2n) is 3.45. The van der Waals surface area contributed by atoms with Crippen molar-refractivity contribution >= 4 is 0 Å². The van der Waals surface area contributed by atoms with E-state index in [0.717, 1.165) is 0 Å². The van der Waals surface area contributed by atoms with E-state index < -0.39 is 5.76 Å². The number of aromatic amines is 2. The van der Waals surface area contributed by atoms with Crippen molar-refractivity contribution in [3.63, 3.8) is 0 Å². The van der Waals surface area contributed by atoms with Crippen LogP contribution in [0.3, 0.4) is 0 Å². The highest BCUT2D eigenvalue weighted by Gasteiger charge is 1.90. The van der Waals surface area contributed by atoms with E-state index >= 15 is 0 Å². The Labute approximate surface area is 127 Å². The summed E-state index contributed by atoms with van der Waals surface area (Å²) in [5.41, 5.74) is 0. The van der Waals surface area contributed by atoms with Gasteiger partial charge in [0.15, 0.2) is 11.6 Å². The predicted molar refractivity (Wildman–Crippen MR) is 78.0 cm³/mol. The van der Waals surface area contributed by atoms with Crippen molar-refractivity contribution in [3.8, 4) is 0 Å². The highest BCUT2D eigenvalue weighted by molar-refractivity contribution is 4.77. The van der Waals surface area contributed by atoms with Gasteiger partial charge in [-0.15, -0.1) is 15.3 Å². The zero-order chi connectivity index (χ0) is 15.0. The summed E-state index contributed by atoms with van der Waals surface area (Å²) in [4.78, 5) is 13.8. The molecule has 0 atom stereocenters. The molecule has 2 N–H and O–H groups in total. The first-order chi connectivity index (χ1) is 9.47. The zero-order valence-electron chi connectivity index (χ0n) is 11.4. The average molecular weight is 314 g/mol. The summed E-state index contributed by atoms with van der Waals surface area (Å²) in [6.45, 7) is 6.91. The van der Waals surface area contributed by atoms with Gasteiger partial charge >= 0.3 is 5.76 Å². The van der Waals surface area contributed by atoms with E-state index in [1.165, 1.54) is 0 Å². The molecule has 0 aliphatic heterocycles. The van der Waals surface area contributed by atoms with Gasteiger partial charge in [-0.25, -0.2) is 9.89 Å². The summed E-state index contributed by atoms with van der Waals surface area (Å²) in [5, 5.41) is 21.8. The van der Waals surface area contributed by atoms with Crippen LogP contribution in [0.2, 0.25) is 0 Å². The third kappa shape index (κ3) is 9.12. The lowest BCUT2D eigenvalue weighted by Crippen LogP contribution is -1.93. The van der Waals surface area contributed by atoms with Crippen molar-refractivity contribution in [1.82, 2.24) is 41.0 Å². The number of tetrazole rings is 1. The minimum Gasteiger partial charge on any atom is -0.393 e. The van der Waals surface area contributed by atoms with Crippen LogP contribution >= 0.6 is 0 Å². The molecule has 11 nitrogen and oxygen atoms in total. The fourth-order valence-corrected chi connectivity index (χ4v) is 0.917. The molecule has 0 amide bonds. The van der Waals surface area contributed by atoms with Crippen molar-refractivity contribution in [1.29, 1.82) is 0 Å². The van der Waals surface area contributed by atoms with Crippen molar-refractivity contribution in [2.75, 3.05) is 0 Å². The molecule has 0 fully saturated rings. The van der Waals surface area contributed by atoms with Gasteiger partial charge in [-0.2, -0.15) is 10.2 Å². The van der Waals surface area contributed by atoms with Crippen LogP contribution in [-0.2, 0) is 0 Å². The molecule has 0 bridgehead atoms. The lowest BCUT2D eigenvalue weighted by atomic mass is 10.7. The summed E-state index contributed by atoms with van der Waals surface area (Å²) in [7, 11) is 0. The van der Waals surface area contributed by atoms with Crippen LogP contribution in [0.15, 0.2) is 13.7 Å². The summed E-state index contributed by atoms with van der Waals surface area (Å²) >= 11 is 0. The first kappa shape index (κ1) is 21.4. The van der Waals surface area contributed by atoms with Crippen LogP contribution in [0.25, 0.3) is 0 Å². The zero-order valence-corrected chi connectivity index (χ0v) is 11.4. The second-order valence-corrected chi connectivity index (χ2v) is 3.45. The Kier molecular flexibility index (Phi) is 10.6. The minimum absolute atomic E-state index is 0. The third-order valence-electron chi connectivity index (χ3n) is 1.63. The first-order valence-electron chi connectivity index (χ1n) is 5.46. The molecule has 0 aromatic carbocycles. The average Bonchev–Trinajstić information content (AvgIpc) is 3.07. The Balaban J connectivity index is 0. The van der Waals surface area contributed by atoms with E-state index in [1.54, 1.807) is 27.7 Å². The fourth-order valence-electron chi connectivity index (χ4n) is 0.917. The van der Waals surface area contributed by atoms with Gasteiger partial charge in [-0.05, 0) is 13.8 Å². The van der Waals surface area contributed by atoms with E-state index in [-0.39, 0.29) is 14.9 Å². The molecule has 0 radical (unpaired) electrons. The summed E-state index contributed by atoms with van der Waals surface area (Å²) in [5.74, 6) is 1.85. The molecule has 0 aliphatic carbocycles. The highest BCUT2D eigenvalue weighted by Crippen LogP contribution is 1.89. The number of aryl methyl sites for hydroxylation is 4. The molecule has 0 aliphatic rings. The number of rotatable bonds is 0. The van der Waals surface area contributed by atoms with Gasteiger partial charge in [0.25, 0.3) is 0 Å². The van der Waals surface area contributed by atoms with Crippen LogP contribution in [0.1, 0.15) is 38.3 Å². The van der Waals surface area contributed by atoms with Gasteiger partial charge in [-0.1, -0.05) is 25.2 Å². The third-order valence-corrected chi connectivity index (χ3v) is 1.63. The Morgan fingerprint density at radius 2 is 1.64 bits per heavy atom. The molecule has 0 saturated carbocycles. The number of hydrogen-bond acceptors (Lipinski definition) is 9. The SMILES string of the molecule is C.C.Cc1n[nH]c(=O)o1.Cc1nn[nH]n1.Cc1noc(C)n1. The monoisotopic (exact) mass is 314 g/mol. The van der Waals surface area contributed by atoms with Crippen molar-refractivity contribution < 1.29 is 8.94 Å². The number of hydrogen-bond donors (Lipinski definition) is 2. The number of aromatic nitrogens is 8. The van der Waals surface area contributed by atoms with Crippen LogP contribution in [0.4, 0.5) is 0 Å². The van der Waals surface area contributed by atoms with Gasteiger partial charge in [0.2, 0.25) is 11.8 Å². The van der Waals surface area contributed by atoms with E-state index in [4.69, 9.17) is 0 Å². The van der Waals surface area contributed by atoms with Crippen LogP contribution in [0.5, 0.6) is 0 Å². The van der Waals surface area contributed by atoms with Crippen molar-refractivity contribution in [2.45, 2.75) is 42.5 Å². The Morgan fingerprint density at radius 1 is 0.955 bits per heavy atom. The van der Waals surface area contributed by atoms with Gasteiger partial charge in [-0.3, -0.25) is 0 Å². The molecule has 0 saturated heterocycles. The number of H-pyrrole nitrogens is 2. The van der Waals surface area contributed by atoms with Gasteiger partial charge in [0, 0.05) is 13.8 Å². The Bertz CT molecular complexity index is 638. The molecular formula is C11H22N8O3. The highest BCUT2D eigenvalue weighted by atomic mass is 16.5. The maximum atomic E-state index is 10.0. The van der Waals surface area contributed by atoms with Crippen LogP contribution in [0, 0.1) is 27.7 Å². The maximum absolute atomic E-state index is 10.0. The molecule has 22 heavy (non-hydrogen) atoms. The predicted octanol–water partition coefficient (Wildman–Crippen LogP) is 1.14. The van der Waals surface area contributed by atoms with Crippen LogP contribution < -0.4 is 5.76 Å². The standard InChI is InChI=1S/C4H6N2O.C3H4N2O2.C2H4N4.2CH4/c1-3-5-4(2)7-6-3;1-2-4-5-3(6)7-2;1-2-3-5-6-4-2;;/h1-2H3;1H3,(H,5,6);1H3,(H,3,4,5,6);2*1H4. The number of nitrogens with one attached hydrogen (secondary N) is 2. The van der Waals surface area contributed by atoms with Gasteiger partial charge < -0.3 is 8.94 Å². The van der Waals surface area contributed by atoms with Gasteiger partial charge in [0.05, 0.1) is 0 Å². The van der Waals surface area contributed by atoms with E-state index in [0.29, 0.717) is 23.4 Å². The smallest absolute Gasteiger partial charge is 0.393 e. The Hall–Kier alpha value is -2.85. The quantitative estimate of drug-likeness (QED) is 0.621. The normalized spacial score (nSPS) is 8.36. The summed E-state index contributed by atoms with van der Waals surface area (Å²) in [6, 6.07) is 0. The molecule has 3 heterocycles. The van der Waals surface area contributed by atoms with E-state index in [2.05, 4.69) is 49.9 Å². The molecule has 124 valence electrons. The molecular weight excluding hydrogens is 292 g/mol. The largest absolute Gasteiger partial charge is 0.434 e. The number of nitrogens with zero attached hydrogens (tertiary/aromatic N) is 6. The summed E-state index contributed by atoms with van der Waals surface area (Å²) < 4.78 is 8.96. The molecule has 0 unspecified atom stereocenters. The van der Waals surface area contributed by atoms with Crippen molar-refractivity contribution in [3.05, 3.63) is 34.0 Å². The lowest BCUT2D eigenvalue weighted by Gasteiger charge is -1.64. The molecule has 11 heteroatoms. The molecule has 3 aromatic heterocycles. The van der Waals surface area contributed by atoms with Crippen LogP contribution in [-0.4, -0.2) is 41.0 Å². The molecule has 3 rings (SSSR count). The second kappa shape index (κ2) is 10.9. The Morgan fingerprint density at radius 3 is 1.77 bits per heavy atom.